The minimum atomic E-state index is -0.975. The third-order valence-electron chi connectivity index (χ3n) is 5.07. The van der Waals surface area contributed by atoms with Gasteiger partial charge in [0.1, 0.15) is 12.4 Å². The minimum Gasteiger partial charge on any atom is -0.492 e. The van der Waals surface area contributed by atoms with Crippen LogP contribution in [0, 0.1) is 0 Å². The zero-order valence-corrected chi connectivity index (χ0v) is 21.9. The molecule has 0 aliphatic heterocycles. The van der Waals surface area contributed by atoms with Crippen LogP contribution in [0.3, 0.4) is 0 Å². The van der Waals surface area contributed by atoms with E-state index in [2.05, 4.69) is 12.2 Å². The average Bonchev–Trinajstić information content (AvgIpc) is 2.84. The van der Waals surface area contributed by atoms with E-state index < -0.39 is 12.1 Å². The molecule has 2 amide bonds. The number of nitrogens with zero attached hydrogens (tertiary/aromatic N) is 1. The lowest BCUT2D eigenvalue weighted by atomic mass is 10.1. The first-order valence-electron chi connectivity index (χ1n) is 11.9. The molecule has 1 atom stereocenters. The quantitative estimate of drug-likeness (QED) is 0.270. The van der Waals surface area contributed by atoms with Gasteiger partial charge in [0.2, 0.25) is 0 Å². The second-order valence-corrected chi connectivity index (χ2v) is 9.53. The third-order valence-corrected chi connectivity index (χ3v) is 6.59. The van der Waals surface area contributed by atoms with Gasteiger partial charge in [0, 0.05) is 30.3 Å². The SMILES string of the molecule is CCCSCCCN(CCOc1ccc(CC(OCC)C(=O)O)cc1)C(=O)Nc1ccc(Cl)cc1. The van der Waals surface area contributed by atoms with Crippen LogP contribution in [0.5, 0.6) is 5.75 Å². The third kappa shape index (κ3) is 11.2. The van der Waals surface area contributed by atoms with Crippen molar-refractivity contribution in [3.8, 4) is 5.75 Å². The molecule has 192 valence electrons. The van der Waals surface area contributed by atoms with E-state index >= 15 is 0 Å². The average molecular weight is 523 g/mol. The normalized spacial score (nSPS) is 11.6. The van der Waals surface area contributed by atoms with Crippen LogP contribution in [0.2, 0.25) is 5.02 Å². The van der Waals surface area contributed by atoms with Gasteiger partial charge in [-0.1, -0.05) is 30.7 Å². The number of halogens is 1. The summed E-state index contributed by atoms with van der Waals surface area (Å²) >= 11 is 7.83. The zero-order chi connectivity index (χ0) is 25.5. The fourth-order valence-corrected chi connectivity index (χ4v) is 4.23. The standard InChI is InChI=1S/C26H35ClN2O5S/c1-3-17-35-18-5-14-29(26(32)28-22-10-8-21(27)9-11-22)15-16-34-23-12-6-20(7-13-23)19-24(25(30)31)33-4-2/h6-13,24H,3-5,14-19H2,1-2H3,(H,28,32)(H,30,31). The predicted molar refractivity (Wildman–Crippen MR) is 143 cm³/mol. The van der Waals surface area contributed by atoms with Gasteiger partial charge in [-0.15, -0.1) is 0 Å². The lowest BCUT2D eigenvalue weighted by Gasteiger charge is -2.23. The van der Waals surface area contributed by atoms with Crippen molar-refractivity contribution in [3.05, 3.63) is 59.1 Å². The van der Waals surface area contributed by atoms with Crippen LogP contribution in [-0.2, 0) is 16.0 Å². The van der Waals surface area contributed by atoms with Gasteiger partial charge in [0.25, 0.3) is 0 Å². The van der Waals surface area contributed by atoms with Crippen molar-refractivity contribution in [3.63, 3.8) is 0 Å². The number of amides is 2. The highest BCUT2D eigenvalue weighted by atomic mass is 35.5. The summed E-state index contributed by atoms with van der Waals surface area (Å²) in [5, 5.41) is 12.8. The Kier molecular flexibility index (Phi) is 13.4. The Morgan fingerprint density at radius 2 is 1.77 bits per heavy atom. The van der Waals surface area contributed by atoms with E-state index in [1.807, 2.05) is 23.9 Å². The first-order valence-corrected chi connectivity index (χ1v) is 13.4. The molecule has 0 spiro atoms. The molecular weight excluding hydrogens is 488 g/mol. The molecule has 35 heavy (non-hydrogen) atoms. The number of carbonyl (C=O) groups excluding carboxylic acids is 1. The minimum absolute atomic E-state index is 0.178. The lowest BCUT2D eigenvalue weighted by molar-refractivity contribution is -0.149. The van der Waals surface area contributed by atoms with E-state index in [0.717, 1.165) is 29.9 Å². The number of benzene rings is 2. The predicted octanol–water partition coefficient (Wildman–Crippen LogP) is 5.82. The van der Waals surface area contributed by atoms with Gasteiger partial charge in [-0.25, -0.2) is 9.59 Å². The molecular formula is C26H35ClN2O5S. The molecule has 7 nitrogen and oxygen atoms in total. The molecule has 2 N–H and O–H groups in total. The summed E-state index contributed by atoms with van der Waals surface area (Å²) in [6.07, 6.45) is 1.46. The summed E-state index contributed by atoms with van der Waals surface area (Å²) in [5.41, 5.74) is 1.54. The number of ether oxygens (including phenoxy) is 2. The highest BCUT2D eigenvalue weighted by Gasteiger charge is 2.18. The molecule has 0 radical (unpaired) electrons. The summed E-state index contributed by atoms with van der Waals surface area (Å²) < 4.78 is 11.1. The van der Waals surface area contributed by atoms with Gasteiger partial charge in [0.15, 0.2) is 6.10 Å². The topological polar surface area (TPSA) is 88.1 Å². The highest BCUT2D eigenvalue weighted by Crippen LogP contribution is 2.16. The van der Waals surface area contributed by atoms with Crippen molar-refractivity contribution in [2.24, 2.45) is 0 Å². The van der Waals surface area contributed by atoms with Crippen molar-refractivity contribution in [1.82, 2.24) is 4.90 Å². The summed E-state index contributed by atoms with van der Waals surface area (Å²) in [4.78, 5) is 25.9. The molecule has 0 heterocycles. The fourth-order valence-electron chi connectivity index (χ4n) is 3.28. The fraction of sp³-hybridized carbons (Fsp3) is 0.462. The van der Waals surface area contributed by atoms with Crippen molar-refractivity contribution in [1.29, 1.82) is 0 Å². The number of anilines is 1. The van der Waals surface area contributed by atoms with Crippen LogP contribution >= 0.6 is 23.4 Å². The van der Waals surface area contributed by atoms with Crippen LogP contribution in [0.1, 0.15) is 32.3 Å². The molecule has 0 aliphatic rings. The first kappa shape index (κ1) is 28.8. The van der Waals surface area contributed by atoms with E-state index in [9.17, 15) is 14.7 Å². The number of carboxylic acid groups (broad SMARTS) is 1. The van der Waals surface area contributed by atoms with Gasteiger partial charge >= 0.3 is 12.0 Å². The number of carbonyl (C=O) groups is 2. The summed E-state index contributed by atoms with van der Waals surface area (Å²) in [6.45, 7) is 5.68. The molecule has 0 fully saturated rings. The van der Waals surface area contributed by atoms with Gasteiger partial charge in [-0.05, 0) is 73.2 Å². The van der Waals surface area contributed by atoms with E-state index in [0.29, 0.717) is 42.8 Å². The number of carboxylic acids is 1. The van der Waals surface area contributed by atoms with Crippen molar-refractivity contribution in [2.75, 3.05) is 43.1 Å². The maximum atomic E-state index is 12.9. The van der Waals surface area contributed by atoms with Gasteiger partial charge in [0.05, 0.1) is 6.54 Å². The summed E-state index contributed by atoms with van der Waals surface area (Å²) in [5.74, 6) is 1.80. The molecule has 2 aromatic carbocycles. The number of nitrogens with one attached hydrogen (secondary N) is 1. The van der Waals surface area contributed by atoms with Crippen molar-refractivity contribution in [2.45, 2.75) is 39.2 Å². The molecule has 9 heteroatoms. The highest BCUT2D eigenvalue weighted by molar-refractivity contribution is 7.99. The second kappa shape index (κ2) is 16.3. The molecule has 0 aliphatic carbocycles. The maximum Gasteiger partial charge on any atom is 0.333 e. The van der Waals surface area contributed by atoms with Gasteiger partial charge < -0.3 is 24.8 Å². The Morgan fingerprint density at radius 3 is 2.40 bits per heavy atom. The molecule has 0 bridgehead atoms. The van der Waals surface area contributed by atoms with E-state index in [4.69, 9.17) is 21.1 Å². The number of urea groups is 1. The lowest BCUT2D eigenvalue weighted by Crippen LogP contribution is -2.38. The number of thioether (sulfide) groups is 1. The van der Waals surface area contributed by atoms with E-state index in [-0.39, 0.29) is 12.5 Å². The first-order chi connectivity index (χ1) is 16.9. The Balaban J connectivity index is 1.89. The largest absolute Gasteiger partial charge is 0.492 e. The van der Waals surface area contributed by atoms with Crippen LogP contribution in [0.4, 0.5) is 10.5 Å². The van der Waals surface area contributed by atoms with Crippen LogP contribution < -0.4 is 10.1 Å². The van der Waals surface area contributed by atoms with Crippen LogP contribution in [0.15, 0.2) is 48.5 Å². The molecule has 2 rings (SSSR count). The monoisotopic (exact) mass is 522 g/mol. The van der Waals surface area contributed by atoms with Crippen molar-refractivity contribution >= 4 is 41.1 Å². The van der Waals surface area contributed by atoms with Gasteiger partial charge in [-0.2, -0.15) is 11.8 Å². The molecule has 1 unspecified atom stereocenters. The van der Waals surface area contributed by atoms with E-state index in [1.165, 1.54) is 0 Å². The van der Waals surface area contributed by atoms with Crippen LogP contribution in [0.25, 0.3) is 0 Å². The smallest absolute Gasteiger partial charge is 0.333 e. The number of rotatable bonds is 16. The zero-order valence-electron chi connectivity index (χ0n) is 20.4. The Morgan fingerprint density at radius 1 is 1.06 bits per heavy atom. The summed E-state index contributed by atoms with van der Waals surface area (Å²) in [6, 6.07) is 14.1. The van der Waals surface area contributed by atoms with Crippen LogP contribution in [-0.4, -0.2) is 65.9 Å². The Bertz CT molecular complexity index is 896. The van der Waals surface area contributed by atoms with E-state index in [1.54, 1.807) is 48.2 Å². The number of hydrogen-bond acceptors (Lipinski definition) is 5. The molecule has 0 saturated heterocycles. The maximum absolute atomic E-state index is 12.9. The Hall–Kier alpha value is -2.42. The van der Waals surface area contributed by atoms with Gasteiger partial charge in [-0.3, -0.25) is 0 Å². The summed E-state index contributed by atoms with van der Waals surface area (Å²) in [7, 11) is 0. The number of aliphatic carboxylic acids is 1. The number of hydrogen-bond donors (Lipinski definition) is 2. The van der Waals surface area contributed by atoms with Crippen molar-refractivity contribution < 1.29 is 24.2 Å². The molecule has 0 aromatic heterocycles. The Labute approximate surface area is 217 Å². The second-order valence-electron chi connectivity index (χ2n) is 7.87. The molecule has 0 saturated carbocycles. The molecule has 2 aromatic rings.